The molecule has 0 radical (unpaired) electrons. The van der Waals surface area contributed by atoms with Crippen molar-refractivity contribution < 1.29 is 19.5 Å². The molecule has 1 saturated heterocycles. The van der Waals surface area contributed by atoms with E-state index in [4.69, 9.17) is 20.9 Å². The van der Waals surface area contributed by atoms with Gasteiger partial charge >= 0.3 is 0 Å². The summed E-state index contributed by atoms with van der Waals surface area (Å²) in [6, 6.07) is 8.97. The molecule has 1 aromatic carbocycles. The lowest BCUT2D eigenvalue weighted by molar-refractivity contribution is -0.0434. The van der Waals surface area contributed by atoms with Crippen molar-refractivity contribution in [2.75, 3.05) is 5.32 Å². The number of hydrogen-bond acceptors (Lipinski definition) is 9. The zero-order valence-corrected chi connectivity index (χ0v) is 17.1. The van der Waals surface area contributed by atoms with Gasteiger partial charge in [0.05, 0.1) is 22.7 Å². The van der Waals surface area contributed by atoms with E-state index >= 15 is 0 Å². The molecule has 160 valence electrons. The third kappa shape index (κ3) is 3.43. The SMILES string of the molecule is CCc1cc([C@H]2O[C@@H](n3cnc4c(Nc5ccccc5Cl)ncnc43)[C@H](O)[C@@H]2O)on1. The van der Waals surface area contributed by atoms with Gasteiger partial charge in [-0.15, -0.1) is 0 Å². The van der Waals surface area contributed by atoms with Crippen molar-refractivity contribution in [1.29, 1.82) is 0 Å². The van der Waals surface area contributed by atoms with Crippen LogP contribution in [0.25, 0.3) is 11.2 Å². The number of fused-ring (bicyclic) bond motifs is 1. The highest BCUT2D eigenvalue weighted by atomic mass is 35.5. The molecule has 10 nitrogen and oxygen atoms in total. The van der Waals surface area contributed by atoms with Crippen LogP contribution >= 0.6 is 11.6 Å². The number of nitrogens with zero attached hydrogens (tertiary/aromatic N) is 5. The van der Waals surface area contributed by atoms with Crippen molar-refractivity contribution in [2.45, 2.75) is 37.9 Å². The van der Waals surface area contributed by atoms with Gasteiger partial charge in [-0.05, 0) is 18.6 Å². The van der Waals surface area contributed by atoms with Crippen molar-refractivity contribution in [3.05, 3.63) is 59.5 Å². The maximum Gasteiger partial charge on any atom is 0.168 e. The van der Waals surface area contributed by atoms with Crippen LogP contribution in [-0.2, 0) is 11.2 Å². The fraction of sp³-hybridized carbons (Fsp3) is 0.300. The van der Waals surface area contributed by atoms with Gasteiger partial charge in [0.15, 0.2) is 29.0 Å². The van der Waals surface area contributed by atoms with E-state index in [1.807, 2.05) is 25.1 Å². The lowest BCUT2D eigenvalue weighted by atomic mass is 10.1. The second-order valence-electron chi connectivity index (χ2n) is 7.15. The number of aliphatic hydroxyl groups excluding tert-OH is 2. The highest BCUT2D eigenvalue weighted by Gasteiger charge is 2.46. The Bertz CT molecular complexity index is 1230. The summed E-state index contributed by atoms with van der Waals surface area (Å²) in [7, 11) is 0. The van der Waals surface area contributed by atoms with E-state index in [1.165, 1.54) is 12.7 Å². The Balaban J connectivity index is 1.47. The number of ether oxygens (including phenoxy) is 1. The second kappa shape index (κ2) is 7.89. The number of benzene rings is 1. The number of halogens is 1. The quantitative estimate of drug-likeness (QED) is 0.426. The topological polar surface area (TPSA) is 131 Å². The van der Waals surface area contributed by atoms with Gasteiger partial charge in [0.1, 0.15) is 24.6 Å². The molecule has 1 aliphatic heterocycles. The van der Waals surface area contributed by atoms with E-state index < -0.39 is 24.5 Å². The van der Waals surface area contributed by atoms with Gasteiger partial charge in [0.2, 0.25) is 0 Å². The number of anilines is 2. The molecule has 3 N–H and O–H groups in total. The molecule has 11 heteroatoms. The van der Waals surface area contributed by atoms with E-state index in [9.17, 15) is 10.2 Å². The Kier molecular flexibility index (Phi) is 5.06. The van der Waals surface area contributed by atoms with Crippen molar-refractivity contribution >= 4 is 34.3 Å². The van der Waals surface area contributed by atoms with Gasteiger partial charge in [0.25, 0.3) is 0 Å². The maximum atomic E-state index is 10.7. The molecule has 0 spiro atoms. The van der Waals surface area contributed by atoms with Crippen LogP contribution in [0.5, 0.6) is 0 Å². The molecule has 1 aliphatic rings. The van der Waals surface area contributed by atoms with Gasteiger partial charge in [0, 0.05) is 6.07 Å². The first-order valence-electron chi connectivity index (χ1n) is 9.73. The van der Waals surface area contributed by atoms with Gasteiger partial charge in [-0.1, -0.05) is 35.8 Å². The summed E-state index contributed by atoms with van der Waals surface area (Å²) < 4.78 is 12.8. The van der Waals surface area contributed by atoms with Crippen molar-refractivity contribution in [2.24, 2.45) is 0 Å². The summed E-state index contributed by atoms with van der Waals surface area (Å²) in [5, 5.41) is 28.8. The average Bonchev–Trinajstić information content (AvgIpc) is 3.49. The number of aromatic nitrogens is 5. The minimum absolute atomic E-state index is 0.353. The number of nitrogens with one attached hydrogen (secondary N) is 1. The van der Waals surface area contributed by atoms with E-state index in [-0.39, 0.29) is 0 Å². The maximum absolute atomic E-state index is 10.7. The fourth-order valence-electron chi connectivity index (χ4n) is 3.57. The third-order valence-electron chi connectivity index (χ3n) is 5.22. The largest absolute Gasteiger partial charge is 0.387 e. The predicted molar refractivity (Wildman–Crippen MR) is 111 cm³/mol. The summed E-state index contributed by atoms with van der Waals surface area (Å²) in [6.45, 7) is 1.94. The van der Waals surface area contributed by atoms with Gasteiger partial charge in [-0.3, -0.25) is 4.57 Å². The minimum Gasteiger partial charge on any atom is -0.387 e. The summed E-state index contributed by atoms with van der Waals surface area (Å²) in [5.74, 6) is 0.801. The zero-order chi connectivity index (χ0) is 21.5. The van der Waals surface area contributed by atoms with Crippen LogP contribution in [0.1, 0.15) is 30.7 Å². The Morgan fingerprint density at radius 2 is 2.00 bits per heavy atom. The van der Waals surface area contributed by atoms with E-state index in [0.29, 0.717) is 39.9 Å². The van der Waals surface area contributed by atoms with Crippen LogP contribution in [0.3, 0.4) is 0 Å². The van der Waals surface area contributed by atoms with Crippen molar-refractivity contribution in [1.82, 2.24) is 24.7 Å². The van der Waals surface area contributed by atoms with E-state index in [1.54, 1.807) is 16.7 Å². The van der Waals surface area contributed by atoms with Crippen LogP contribution in [0.4, 0.5) is 11.5 Å². The van der Waals surface area contributed by atoms with Crippen LogP contribution in [-0.4, -0.2) is 47.1 Å². The molecule has 0 saturated carbocycles. The molecule has 4 aromatic rings. The lowest BCUT2D eigenvalue weighted by Gasteiger charge is -2.16. The Hall–Kier alpha value is -3.05. The number of hydrogen-bond donors (Lipinski definition) is 3. The summed E-state index contributed by atoms with van der Waals surface area (Å²) in [6.07, 6.45) is -0.689. The van der Waals surface area contributed by atoms with Crippen LogP contribution in [0, 0.1) is 0 Å². The van der Waals surface area contributed by atoms with E-state index in [0.717, 1.165) is 5.69 Å². The fourth-order valence-corrected chi connectivity index (χ4v) is 3.76. The number of aliphatic hydroxyl groups is 2. The van der Waals surface area contributed by atoms with Crippen molar-refractivity contribution in [3.63, 3.8) is 0 Å². The smallest absolute Gasteiger partial charge is 0.168 e. The molecular weight excluding hydrogens is 424 g/mol. The highest BCUT2D eigenvalue weighted by molar-refractivity contribution is 6.33. The van der Waals surface area contributed by atoms with Gasteiger partial charge in [-0.2, -0.15) is 0 Å². The molecule has 5 rings (SSSR count). The first-order chi connectivity index (χ1) is 15.1. The second-order valence-corrected chi connectivity index (χ2v) is 7.56. The normalized spacial score (nSPS) is 23.5. The van der Waals surface area contributed by atoms with Gasteiger partial charge in [-0.25, -0.2) is 15.0 Å². The number of imidazole rings is 1. The molecule has 4 atom stereocenters. The summed E-state index contributed by atoms with van der Waals surface area (Å²) in [4.78, 5) is 12.9. The van der Waals surface area contributed by atoms with E-state index in [2.05, 4.69) is 25.4 Å². The molecule has 3 aromatic heterocycles. The Labute approximate surface area is 181 Å². The molecule has 0 amide bonds. The standard InChI is InChI=1S/C20H19ClN6O4/c1-2-10-7-13(31-26-10)17-15(28)16(29)20(30-17)27-9-24-14-18(22-8-23-19(14)27)25-12-6-4-3-5-11(12)21/h3-9,15-17,20,28-29H,2H2,1H3,(H,22,23,25)/t15-,16+,17+,20+/m0/s1. The molecule has 0 aliphatic carbocycles. The van der Waals surface area contributed by atoms with Crippen LogP contribution in [0.15, 0.2) is 47.5 Å². The molecule has 4 heterocycles. The number of aryl methyl sites for hydroxylation is 1. The monoisotopic (exact) mass is 442 g/mol. The molecule has 0 unspecified atom stereocenters. The first kappa shape index (κ1) is 19.9. The Morgan fingerprint density at radius 1 is 1.16 bits per heavy atom. The van der Waals surface area contributed by atoms with Gasteiger partial charge < -0.3 is 24.8 Å². The minimum atomic E-state index is -1.23. The highest BCUT2D eigenvalue weighted by Crippen LogP contribution is 2.40. The Morgan fingerprint density at radius 3 is 2.77 bits per heavy atom. The number of rotatable bonds is 5. The number of para-hydroxylation sites is 1. The van der Waals surface area contributed by atoms with Crippen molar-refractivity contribution in [3.8, 4) is 0 Å². The summed E-state index contributed by atoms with van der Waals surface area (Å²) >= 11 is 6.23. The molecular formula is C20H19ClN6O4. The molecule has 1 fully saturated rings. The first-order valence-corrected chi connectivity index (χ1v) is 10.1. The molecule has 0 bridgehead atoms. The summed E-state index contributed by atoms with van der Waals surface area (Å²) in [5.41, 5.74) is 2.29. The predicted octanol–water partition coefficient (Wildman–Crippen LogP) is 2.77. The lowest BCUT2D eigenvalue weighted by Crippen LogP contribution is -2.28. The average molecular weight is 443 g/mol. The van der Waals surface area contributed by atoms with Crippen LogP contribution < -0.4 is 5.32 Å². The third-order valence-corrected chi connectivity index (χ3v) is 5.55. The molecule has 31 heavy (non-hydrogen) atoms. The zero-order valence-electron chi connectivity index (χ0n) is 16.4. The van der Waals surface area contributed by atoms with Crippen LogP contribution in [0.2, 0.25) is 5.02 Å².